The fraction of sp³-hybridized carbons (Fsp3) is 0.375. The molecule has 0 radical (unpaired) electrons. The minimum atomic E-state index is -0.818. The lowest BCUT2D eigenvalue weighted by Crippen LogP contribution is -2.39. The Morgan fingerprint density at radius 2 is 1.93 bits per heavy atom. The average molecular weight is 377 g/mol. The predicted molar refractivity (Wildman–Crippen MR) is 111 cm³/mol. The lowest BCUT2D eigenvalue weighted by molar-refractivity contribution is -0.149. The molecule has 28 heavy (non-hydrogen) atoms. The minimum Gasteiger partial charge on any atom is -0.481 e. The van der Waals surface area contributed by atoms with Crippen molar-refractivity contribution in [2.45, 2.75) is 51.7 Å². The van der Waals surface area contributed by atoms with E-state index in [2.05, 4.69) is 54.0 Å². The van der Waals surface area contributed by atoms with E-state index in [0.29, 0.717) is 19.6 Å². The van der Waals surface area contributed by atoms with Crippen molar-refractivity contribution in [2.75, 3.05) is 6.61 Å². The first-order chi connectivity index (χ1) is 13.6. The molecule has 4 rings (SSSR count). The molecule has 0 saturated carbocycles. The van der Waals surface area contributed by atoms with E-state index in [9.17, 15) is 9.90 Å². The van der Waals surface area contributed by atoms with Gasteiger partial charge in [-0.05, 0) is 36.0 Å². The van der Waals surface area contributed by atoms with Gasteiger partial charge in [0.2, 0.25) is 0 Å². The number of ether oxygens (including phenoxy) is 1. The molecule has 4 heteroatoms. The number of benzene rings is 2. The third kappa shape index (κ3) is 3.02. The van der Waals surface area contributed by atoms with Gasteiger partial charge in [0.05, 0.1) is 24.2 Å². The highest BCUT2D eigenvalue weighted by atomic mass is 16.5. The van der Waals surface area contributed by atoms with E-state index in [-0.39, 0.29) is 6.42 Å². The summed E-state index contributed by atoms with van der Waals surface area (Å²) in [5.41, 5.74) is 5.27. The van der Waals surface area contributed by atoms with Gasteiger partial charge >= 0.3 is 5.97 Å². The quantitative estimate of drug-likeness (QED) is 0.664. The molecule has 4 nitrogen and oxygen atoms in total. The molecule has 1 aromatic heterocycles. The first kappa shape index (κ1) is 18.8. The molecule has 2 heterocycles. The van der Waals surface area contributed by atoms with Crippen molar-refractivity contribution in [1.29, 1.82) is 0 Å². The van der Waals surface area contributed by atoms with Crippen molar-refractivity contribution >= 4 is 16.9 Å². The smallest absolute Gasteiger partial charge is 0.306 e. The molecule has 1 aliphatic heterocycles. The predicted octanol–water partition coefficient (Wildman–Crippen LogP) is 4.90. The molecule has 0 amide bonds. The lowest BCUT2D eigenvalue weighted by Gasteiger charge is -2.37. The summed E-state index contributed by atoms with van der Waals surface area (Å²) in [5.74, 6) is -0.818. The van der Waals surface area contributed by atoms with E-state index < -0.39 is 11.6 Å². The minimum absolute atomic E-state index is 0.0108. The standard InChI is InChI=1S/C24H27NO3/c1-3-18-11-8-12-19-20-13-14-28-24(4-2,15-21(26)27)23(20)25(22(18)19)16-17-9-6-5-7-10-17/h5-12H,3-4,13-16H2,1-2H3,(H,26,27). The SMILES string of the molecule is CCc1cccc2c3c(n(Cc4ccccc4)c12)C(CC)(CC(=O)O)OCC3. The Morgan fingerprint density at radius 3 is 2.61 bits per heavy atom. The van der Waals surface area contributed by atoms with Gasteiger partial charge in [-0.3, -0.25) is 4.79 Å². The number of rotatable bonds is 6. The van der Waals surface area contributed by atoms with Crippen LogP contribution in [0.5, 0.6) is 0 Å². The Kier molecular flexibility index (Phi) is 4.98. The molecule has 2 aromatic carbocycles. The lowest BCUT2D eigenvalue weighted by atomic mass is 9.86. The van der Waals surface area contributed by atoms with Crippen LogP contribution in [0, 0.1) is 0 Å². The van der Waals surface area contributed by atoms with Gasteiger partial charge in [0.25, 0.3) is 0 Å². The molecule has 3 aromatic rings. The van der Waals surface area contributed by atoms with Crippen molar-refractivity contribution < 1.29 is 14.6 Å². The summed E-state index contributed by atoms with van der Waals surface area (Å²) in [6.45, 7) is 5.49. The van der Waals surface area contributed by atoms with Crippen molar-refractivity contribution in [1.82, 2.24) is 4.57 Å². The highest BCUT2D eigenvalue weighted by Gasteiger charge is 2.42. The van der Waals surface area contributed by atoms with Crippen molar-refractivity contribution in [3.63, 3.8) is 0 Å². The Balaban J connectivity index is 2.03. The number of carboxylic acids is 1. The second kappa shape index (κ2) is 7.44. The van der Waals surface area contributed by atoms with E-state index >= 15 is 0 Å². The largest absolute Gasteiger partial charge is 0.481 e. The molecule has 1 N–H and O–H groups in total. The first-order valence-electron chi connectivity index (χ1n) is 10.1. The molecule has 0 spiro atoms. The summed E-state index contributed by atoms with van der Waals surface area (Å²) in [6.07, 6.45) is 2.39. The number of aromatic nitrogens is 1. The van der Waals surface area contributed by atoms with Gasteiger partial charge in [-0.1, -0.05) is 62.4 Å². The highest BCUT2D eigenvalue weighted by molar-refractivity contribution is 5.89. The summed E-state index contributed by atoms with van der Waals surface area (Å²) >= 11 is 0. The Hall–Kier alpha value is -2.59. The Bertz CT molecular complexity index is 1010. The maximum Gasteiger partial charge on any atom is 0.306 e. The van der Waals surface area contributed by atoms with E-state index in [1.807, 2.05) is 13.0 Å². The molecular formula is C24H27NO3. The van der Waals surface area contributed by atoms with Crippen LogP contribution in [-0.4, -0.2) is 22.2 Å². The second-order valence-corrected chi connectivity index (χ2v) is 7.58. The highest BCUT2D eigenvalue weighted by Crippen LogP contribution is 2.44. The maximum atomic E-state index is 11.8. The summed E-state index contributed by atoms with van der Waals surface area (Å²) in [7, 11) is 0. The third-order valence-corrected chi connectivity index (χ3v) is 6.00. The van der Waals surface area contributed by atoms with Crippen molar-refractivity contribution in [2.24, 2.45) is 0 Å². The van der Waals surface area contributed by atoms with Crippen LogP contribution in [0.3, 0.4) is 0 Å². The number of aryl methyl sites for hydroxylation is 1. The second-order valence-electron chi connectivity index (χ2n) is 7.58. The number of hydrogen-bond donors (Lipinski definition) is 1. The molecule has 1 unspecified atom stereocenters. The number of fused-ring (bicyclic) bond motifs is 3. The summed E-state index contributed by atoms with van der Waals surface area (Å²) in [4.78, 5) is 11.8. The van der Waals surface area contributed by atoms with E-state index in [1.54, 1.807) is 0 Å². The first-order valence-corrected chi connectivity index (χ1v) is 10.1. The van der Waals surface area contributed by atoms with Crippen molar-refractivity contribution in [3.05, 3.63) is 70.9 Å². The van der Waals surface area contributed by atoms with Gasteiger partial charge in [-0.25, -0.2) is 0 Å². The fourth-order valence-electron chi connectivity index (χ4n) is 4.73. The van der Waals surface area contributed by atoms with Gasteiger partial charge in [-0.15, -0.1) is 0 Å². The van der Waals surface area contributed by atoms with Crippen LogP contribution in [0.15, 0.2) is 48.5 Å². The van der Waals surface area contributed by atoms with Gasteiger partial charge in [-0.2, -0.15) is 0 Å². The number of nitrogens with zero attached hydrogens (tertiary/aromatic N) is 1. The third-order valence-electron chi connectivity index (χ3n) is 6.00. The summed E-state index contributed by atoms with van der Waals surface area (Å²) in [6, 6.07) is 16.9. The van der Waals surface area contributed by atoms with Crippen LogP contribution in [0.1, 0.15) is 49.1 Å². The topological polar surface area (TPSA) is 51.5 Å². The van der Waals surface area contributed by atoms with Gasteiger partial charge in [0.15, 0.2) is 0 Å². The van der Waals surface area contributed by atoms with Crippen LogP contribution in [-0.2, 0) is 34.5 Å². The Labute approximate surface area is 165 Å². The molecule has 0 bridgehead atoms. The van der Waals surface area contributed by atoms with Gasteiger partial charge in [0.1, 0.15) is 5.60 Å². The average Bonchev–Trinajstić information content (AvgIpc) is 3.03. The summed E-state index contributed by atoms with van der Waals surface area (Å²) < 4.78 is 8.57. The molecule has 146 valence electrons. The van der Waals surface area contributed by atoms with Gasteiger partial charge < -0.3 is 14.4 Å². The number of carbonyl (C=O) groups is 1. The number of aliphatic carboxylic acids is 1. The maximum absolute atomic E-state index is 11.8. The van der Waals surface area contributed by atoms with Crippen LogP contribution in [0.2, 0.25) is 0 Å². The van der Waals surface area contributed by atoms with E-state index in [0.717, 1.165) is 18.5 Å². The zero-order valence-corrected chi connectivity index (χ0v) is 16.6. The van der Waals surface area contributed by atoms with Gasteiger partial charge in [0, 0.05) is 11.9 Å². The van der Waals surface area contributed by atoms with Crippen LogP contribution in [0.25, 0.3) is 10.9 Å². The normalized spacial score (nSPS) is 18.9. The molecule has 0 fully saturated rings. The molecule has 1 aliphatic rings. The molecule has 0 saturated heterocycles. The zero-order valence-electron chi connectivity index (χ0n) is 16.6. The Morgan fingerprint density at radius 1 is 1.14 bits per heavy atom. The number of carboxylic acid groups (broad SMARTS) is 1. The van der Waals surface area contributed by atoms with Crippen molar-refractivity contribution in [3.8, 4) is 0 Å². The summed E-state index contributed by atoms with van der Waals surface area (Å²) in [5, 5.41) is 10.9. The molecule has 0 aliphatic carbocycles. The number of para-hydroxylation sites is 1. The number of hydrogen-bond acceptors (Lipinski definition) is 2. The van der Waals surface area contributed by atoms with Crippen LogP contribution < -0.4 is 0 Å². The fourth-order valence-corrected chi connectivity index (χ4v) is 4.73. The monoisotopic (exact) mass is 377 g/mol. The van der Waals surface area contributed by atoms with Crippen LogP contribution in [0.4, 0.5) is 0 Å². The molecule has 1 atom stereocenters. The van der Waals surface area contributed by atoms with E-state index in [1.165, 1.54) is 27.6 Å². The zero-order chi connectivity index (χ0) is 19.7. The molecular weight excluding hydrogens is 350 g/mol. The van der Waals surface area contributed by atoms with E-state index in [4.69, 9.17) is 4.74 Å². The van der Waals surface area contributed by atoms with Crippen LogP contribution >= 0.6 is 0 Å².